The van der Waals surface area contributed by atoms with Gasteiger partial charge in [-0.3, -0.25) is 5.10 Å². The molecular formula is C11H10ClN7. The van der Waals surface area contributed by atoms with Gasteiger partial charge >= 0.3 is 0 Å². The minimum absolute atomic E-state index is 0.223. The highest BCUT2D eigenvalue weighted by molar-refractivity contribution is 6.28. The van der Waals surface area contributed by atoms with Crippen molar-refractivity contribution in [2.45, 2.75) is 13.1 Å². The molecule has 19 heavy (non-hydrogen) atoms. The van der Waals surface area contributed by atoms with Gasteiger partial charge in [-0.25, -0.2) is 4.98 Å². The van der Waals surface area contributed by atoms with E-state index >= 15 is 0 Å². The molecule has 0 fully saturated rings. The molecule has 0 bridgehead atoms. The van der Waals surface area contributed by atoms with Crippen LogP contribution in [0, 0.1) is 0 Å². The van der Waals surface area contributed by atoms with Gasteiger partial charge in [0.05, 0.1) is 18.1 Å². The van der Waals surface area contributed by atoms with Gasteiger partial charge in [0.25, 0.3) is 0 Å². The molecule has 8 heteroatoms. The summed E-state index contributed by atoms with van der Waals surface area (Å²) in [4.78, 5) is 14.9. The van der Waals surface area contributed by atoms with E-state index in [1.807, 2.05) is 12.4 Å². The smallest absolute Gasteiger partial charge is 0.226 e. The summed E-state index contributed by atoms with van der Waals surface area (Å²) in [5.41, 5.74) is 0.656. The second-order valence-corrected chi connectivity index (χ2v) is 4.75. The van der Waals surface area contributed by atoms with E-state index in [1.54, 1.807) is 6.20 Å². The predicted octanol–water partition coefficient (Wildman–Crippen LogP) is 1.22. The third-order valence-electron chi connectivity index (χ3n) is 3.31. The molecule has 1 aliphatic heterocycles. The number of fused-ring (bicyclic) bond motifs is 2. The molecule has 0 radical (unpaired) electrons. The molecule has 7 nitrogen and oxygen atoms in total. The molecule has 0 atom stereocenters. The van der Waals surface area contributed by atoms with Crippen molar-refractivity contribution in [1.29, 1.82) is 0 Å². The summed E-state index contributed by atoms with van der Waals surface area (Å²) < 4.78 is 2.14. The third-order valence-corrected chi connectivity index (χ3v) is 3.48. The van der Waals surface area contributed by atoms with Crippen molar-refractivity contribution in [2.24, 2.45) is 0 Å². The second-order valence-electron chi connectivity index (χ2n) is 4.41. The topological polar surface area (TPSA) is 75.5 Å². The maximum atomic E-state index is 5.96. The molecule has 0 saturated carbocycles. The number of hydrogen-bond donors (Lipinski definition) is 1. The Kier molecular flexibility index (Phi) is 2.22. The number of aromatic nitrogens is 6. The number of rotatable bonds is 1. The second kappa shape index (κ2) is 3.92. The number of anilines is 1. The number of imidazole rings is 1. The number of nitrogens with one attached hydrogen (secondary N) is 1. The summed E-state index contributed by atoms with van der Waals surface area (Å²) in [6.45, 7) is 2.45. The lowest BCUT2D eigenvalue weighted by Gasteiger charge is -2.28. The maximum Gasteiger partial charge on any atom is 0.226 e. The van der Waals surface area contributed by atoms with Crippen LogP contribution in [0.1, 0.15) is 5.82 Å². The van der Waals surface area contributed by atoms with E-state index in [0.717, 1.165) is 30.1 Å². The summed E-state index contributed by atoms with van der Waals surface area (Å²) in [6.07, 6.45) is 5.54. The summed E-state index contributed by atoms with van der Waals surface area (Å²) in [5.74, 6) is 1.83. The first-order chi connectivity index (χ1) is 9.31. The molecule has 3 aromatic rings. The van der Waals surface area contributed by atoms with Crippen molar-refractivity contribution < 1.29 is 0 Å². The minimum Gasteiger partial charge on any atom is -0.347 e. The minimum atomic E-state index is 0.223. The number of halogens is 1. The first-order valence-electron chi connectivity index (χ1n) is 5.93. The van der Waals surface area contributed by atoms with Crippen LogP contribution in [0.15, 0.2) is 18.6 Å². The average molecular weight is 276 g/mol. The zero-order valence-electron chi connectivity index (χ0n) is 9.91. The van der Waals surface area contributed by atoms with Crippen molar-refractivity contribution in [3.8, 4) is 0 Å². The van der Waals surface area contributed by atoms with Gasteiger partial charge in [0.1, 0.15) is 11.6 Å². The molecule has 1 aliphatic rings. The number of aromatic amines is 1. The lowest BCUT2D eigenvalue weighted by Crippen LogP contribution is -2.34. The molecular weight excluding hydrogens is 266 g/mol. The summed E-state index contributed by atoms with van der Waals surface area (Å²) in [6, 6.07) is 0. The molecule has 0 saturated heterocycles. The Hall–Kier alpha value is -2.15. The number of H-pyrrole nitrogens is 1. The van der Waals surface area contributed by atoms with Gasteiger partial charge in [0, 0.05) is 25.5 Å². The highest BCUT2D eigenvalue weighted by Crippen LogP contribution is 2.26. The average Bonchev–Trinajstić information content (AvgIpc) is 3.04. The lowest BCUT2D eigenvalue weighted by molar-refractivity contribution is 0.557. The fourth-order valence-corrected chi connectivity index (χ4v) is 2.55. The normalized spacial score (nSPS) is 14.9. The maximum absolute atomic E-state index is 5.96. The SMILES string of the molecule is Clc1nc(N2CCn3ccnc3C2)c2cn[nH]c2n1. The molecule has 0 unspecified atom stereocenters. The van der Waals surface area contributed by atoms with Gasteiger partial charge in [-0.1, -0.05) is 0 Å². The molecule has 3 aromatic heterocycles. The van der Waals surface area contributed by atoms with E-state index in [9.17, 15) is 0 Å². The largest absolute Gasteiger partial charge is 0.347 e. The van der Waals surface area contributed by atoms with Crippen LogP contribution in [0.5, 0.6) is 0 Å². The molecule has 1 N–H and O–H groups in total. The van der Waals surface area contributed by atoms with E-state index in [2.05, 4.69) is 34.6 Å². The Morgan fingerprint density at radius 3 is 3.16 bits per heavy atom. The lowest BCUT2D eigenvalue weighted by atomic mass is 10.3. The molecule has 4 heterocycles. The Balaban J connectivity index is 1.81. The van der Waals surface area contributed by atoms with Gasteiger partial charge in [-0.05, 0) is 11.6 Å². The van der Waals surface area contributed by atoms with Gasteiger partial charge in [-0.15, -0.1) is 0 Å². The molecule has 96 valence electrons. The van der Waals surface area contributed by atoms with Crippen molar-refractivity contribution >= 4 is 28.5 Å². The Morgan fingerprint density at radius 2 is 2.21 bits per heavy atom. The first kappa shape index (κ1) is 10.7. The van der Waals surface area contributed by atoms with Crippen molar-refractivity contribution in [1.82, 2.24) is 29.7 Å². The summed E-state index contributed by atoms with van der Waals surface area (Å²) in [5, 5.41) is 7.92. The van der Waals surface area contributed by atoms with E-state index < -0.39 is 0 Å². The standard InChI is InChI=1S/C11H10ClN7/c12-11-15-9-7(5-14-17-9)10(16-11)19-4-3-18-2-1-13-8(18)6-19/h1-2,5H,3-4,6H2,(H,14,15,16,17). The van der Waals surface area contributed by atoms with Crippen LogP contribution in [-0.2, 0) is 13.1 Å². The van der Waals surface area contributed by atoms with E-state index in [-0.39, 0.29) is 5.28 Å². The van der Waals surface area contributed by atoms with Crippen LogP contribution in [-0.4, -0.2) is 36.3 Å². The molecule has 0 spiro atoms. The summed E-state index contributed by atoms with van der Waals surface area (Å²) in [7, 11) is 0. The Morgan fingerprint density at radius 1 is 1.26 bits per heavy atom. The van der Waals surface area contributed by atoms with Crippen LogP contribution in [0.25, 0.3) is 11.0 Å². The number of hydrogen-bond acceptors (Lipinski definition) is 5. The Labute approximate surface area is 113 Å². The van der Waals surface area contributed by atoms with Crippen LogP contribution in [0.4, 0.5) is 5.82 Å². The fraction of sp³-hybridized carbons (Fsp3) is 0.273. The van der Waals surface area contributed by atoms with Crippen molar-refractivity contribution in [2.75, 3.05) is 11.4 Å². The monoisotopic (exact) mass is 275 g/mol. The van der Waals surface area contributed by atoms with Crippen molar-refractivity contribution in [3.05, 3.63) is 29.7 Å². The van der Waals surface area contributed by atoms with Crippen LogP contribution >= 0.6 is 11.6 Å². The van der Waals surface area contributed by atoms with E-state index in [1.165, 1.54) is 0 Å². The molecule has 0 aromatic carbocycles. The molecule has 4 rings (SSSR count). The van der Waals surface area contributed by atoms with E-state index in [4.69, 9.17) is 11.6 Å². The van der Waals surface area contributed by atoms with Crippen LogP contribution in [0.2, 0.25) is 5.28 Å². The molecule has 0 amide bonds. The van der Waals surface area contributed by atoms with Gasteiger partial charge in [0.2, 0.25) is 5.28 Å². The van der Waals surface area contributed by atoms with Crippen molar-refractivity contribution in [3.63, 3.8) is 0 Å². The zero-order valence-corrected chi connectivity index (χ0v) is 10.7. The summed E-state index contributed by atoms with van der Waals surface area (Å²) >= 11 is 5.96. The fourth-order valence-electron chi connectivity index (χ4n) is 2.39. The highest BCUT2D eigenvalue weighted by atomic mass is 35.5. The van der Waals surface area contributed by atoms with Gasteiger partial charge in [0.15, 0.2) is 5.65 Å². The van der Waals surface area contributed by atoms with Gasteiger partial charge in [-0.2, -0.15) is 15.1 Å². The Bertz CT molecular complexity index is 746. The third kappa shape index (κ3) is 1.66. The van der Waals surface area contributed by atoms with E-state index in [0.29, 0.717) is 12.2 Å². The molecule has 0 aliphatic carbocycles. The quantitative estimate of drug-likeness (QED) is 0.676. The zero-order chi connectivity index (χ0) is 12.8. The van der Waals surface area contributed by atoms with Crippen LogP contribution < -0.4 is 4.90 Å². The number of nitrogens with zero attached hydrogens (tertiary/aromatic N) is 6. The predicted molar refractivity (Wildman–Crippen MR) is 70.0 cm³/mol. The van der Waals surface area contributed by atoms with Gasteiger partial charge < -0.3 is 9.47 Å². The first-order valence-corrected chi connectivity index (χ1v) is 6.30. The highest BCUT2D eigenvalue weighted by Gasteiger charge is 2.21. The van der Waals surface area contributed by atoms with Crippen LogP contribution in [0.3, 0.4) is 0 Å².